The van der Waals surface area contributed by atoms with E-state index in [1.807, 2.05) is 6.07 Å². The van der Waals surface area contributed by atoms with Crippen LogP contribution in [0.4, 0.5) is 0 Å². The largest absolute Gasteiger partial charge is 0.312 e. The molecule has 0 amide bonds. The standard InChI is InChI=1S/C15H26N2O2S2/c1-4-7-16-9-14-8-15(11-20-14)21(18,19)17(10-12(2)3)13-5-6-13/h8,11-13,16H,4-7,9-10H2,1-3H3. The van der Waals surface area contributed by atoms with Gasteiger partial charge in [0.25, 0.3) is 0 Å². The van der Waals surface area contributed by atoms with Crippen LogP contribution in [0.2, 0.25) is 0 Å². The molecule has 0 aliphatic heterocycles. The minimum absolute atomic E-state index is 0.221. The second-order valence-electron chi connectivity index (χ2n) is 6.13. The minimum atomic E-state index is -3.33. The third kappa shape index (κ3) is 4.52. The van der Waals surface area contributed by atoms with Crippen LogP contribution in [0, 0.1) is 5.92 Å². The van der Waals surface area contributed by atoms with Gasteiger partial charge in [-0.15, -0.1) is 11.3 Å². The Balaban J connectivity index is 2.10. The van der Waals surface area contributed by atoms with Gasteiger partial charge in [0.1, 0.15) is 0 Å². The Kier molecular flexibility index (Phi) is 5.82. The van der Waals surface area contributed by atoms with Gasteiger partial charge in [-0.1, -0.05) is 20.8 Å². The molecule has 0 unspecified atom stereocenters. The Morgan fingerprint density at radius 1 is 1.43 bits per heavy atom. The average Bonchev–Trinajstić information content (AvgIpc) is 3.14. The fourth-order valence-corrected chi connectivity index (χ4v) is 5.36. The number of thiophene rings is 1. The van der Waals surface area contributed by atoms with Gasteiger partial charge in [0, 0.05) is 29.4 Å². The topological polar surface area (TPSA) is 49.4 Å². The fraction of sp³-hybridized carbons (Fsp3) is 0.733. The lowest BCUT2D eigenvalue weighted by molar-refractivity contribution is 0.360. The van der Waals surface area contributed by atoms with Crippen molar-refractivity contribution in [1.82, 2.24) is 9.62 Å². The Morgan fingerprint density at radius 2 is 2.14 bits per heavy atom. The Morgan fingerprint density at radius 3 is 2.71 bits per heavy atom. The van der Waals surface area contributed by atoms with Crippen LogP contribution in [0.5, 0.6) is 0 Å². The van der Waals surface area contributed by atoms with Gasteiger partial charge in [-0.3, -0.25) is 0 Å². The lowest BCUT2D eigenvalue weighted by atomic mass is 10.2. The zero-order valence-corrected chi connectivity index (χ0v) is 14.8. The molecule has 0 radical (unpaired) electrons. The number of nitrogens with zero attached hydrogens (tertiary/aromatic N) is 1. The molecule has 21 heavy (non-hydrogen) atoms. The van der Waals surface area contributed by atoms with Crippen molar-refractivity contribution in [1.29, 1.82) is 0 Å². The Bertz CT molecular complexity index is 548. The zero-order chi connectivity index (χ0) is 15.5. The average molecular weight is 331 g/mol. The molecule has 1 aromatic rings. The van der Waals surface area contributed by atoms with Gasteiger partial charge in [0.15, 0.2) is 0 Å². The summed E-state index contributed by atoms with van der Waals surface area (Å²) in [5, 5.41) is 5.10. The van der Waals surface area contributed by atoms with Crippen LogP contribution in [0.1, 0.15) is 44.9 Å². The van der Waals surface area contributed by atoms with Gasteiger partial charge in [-0.2, -0.15) is 4.31 Å². The van der Waals surface area contributed by atoms with E-state index >= 15 is 0 Å². The van der Waals surface area contributed by atoms with Gasteiger partial charge in [-0.05, 0) is 37.8 Å². The van der Waals surface area contributed by atoms with Crippen molar-refractivity contribution in [2.24, 2.45) is 5.92 Å². The summed E-state index contributed by atoms with van der Waals surface area (Å²) in [6.45, 7) is 8.59. The van der Waals surface area contributed by atoms with Crippen molar-refractivity contribution < 1.29 is 8.42 Å². The molecular weight excluding hydrogens is 304 g/mol. The second-order valence-corrected chi connectivity index (χ2v) is 9.01. The maximum Gasteiger partial charge on any atom is 0.244 e. The monoisotopic (exact) mass is 330 g/mol. The number of nitrogens with one attached hydrogen (secondary N) is 1. The molecule has 1 saturated carbocycles. The molecule has 0 atom stereocenters. The molecule has 1 fully saturated rings. The van der Waals surface area contributed by atoms with Crippen LogP contribution < -0.4 is 5.32 Å². The molecule has 0 aromatic carbocycles. The van der Waals surface area contributed by atoms with Crippen molar-refractivity contribution in [3.8, 4) is 0 Å². The smallest absolute Gasteiger partial charge is 0.244 e. The summed E-state index contributed by atoms with van der Waals surface area (Å²) in [5.41, 5.74) is 0. The summed E-state index contributed by atoms with van der Waals surface area (Å²) in [6.07, 6.45) is 3.09. The predicted octanol–water partition coefficient (Wildman–Crippen LogP) is 3.06. The highest BCUT2D eigenvalue weighted by Crippen LogP contribution is 2.34. The van der Waals surface area contributed by atoms with E-state index in [4.69, 9.17) is 0 Å². The highest BCUT2D eigenvalue weighted by molar-refractivity contribution is 7.89. The summed E-state index contributed by atoms with van der Waals surface area (Å²) in [5.74, 6) is 0.352. The molecule has 1 aliphatic carbocycles. The highest BCUT2D eigenvalue weighted by Gasteiger charge is 2.38. The lowest BCUT2D eigenvalue weighted by Crippen LogP contribution is -2.35. The van der Waals surface area contributed by atoms with Crippen molar-refractivity contribution in [2.75, 3.05) is 13.1 Å². The molecular formula is C15H26N2O2S2. The molecule has 1 aliphatic rings. The molecule has 1 heterocycles. The first-order valence-corrected chi connectivity index (χ1v) is 10.1. The van der Waals surface area contributed by atoms with E-state index < -0.39 is 10.0 Å². The lowest BCUT2D eigenvalue weighted by Gasteiger charge is -2.23. The van der Waals surface area contributed by atoms with Crippen LogP contribution in [0.25, 0.3) is 0 Å². The quantitative estimate of drug-likeness (QED) is 0.708. The van der Waals surface area contributed by atoms with Gasteiger partial charge in [-0.25, -0.2) is 8.42 Å². The molecule has 0 saturated heterocycles. The summed E-state index contributed by atoms with van der Waals surface area (Å²) in [4.78, 5) is 1.55. The third-order valence-electron chi connectivity index (χ3n) is 3.46. The van der Waals surface area contributed by atoms with E-state index in [0.717, 1.165) is 37.2 Å². The van der Waals surface area contributed by atoms with Gasteiger partial charge in [0.05, 0.1) is 4.90 Å². The summed E-state index contributed by atoms with van der Waals surface area (Å²) in [7, 11) is -3.33. The number of sulfonamides is 1. The van der Waals surface area contributed by atoms with E-state index in [1.165, 1.54) is 11.3 Å². The van der Waals surface area contributed by atoms with Crippen molar-refractivity contribution in [3.63, 3.8) is 0 Å². The number of rotatable bonds is 9. The number of hydrogen-bond donors (Lipinski definition) is 1. The zero-order valence-electron chi connectivity index (χ0n) is 13.1. The van der Waals surface area contributed by atoms with Crippen LogP contribution in [0.3, 0.4) is 0 Å². The van der Waals surface area contributed by atoms with Crippen LogP contribution >= 0.6 is 11.3 Å². The van der Waals surface area contributed by atoms with Crippen molar-refractivity contribution in [3.05, 3.63) is 16.3 Å². The summed E-state index contributed by atoms with van der Waals surface area (Å²) in [6, 6.07) is 2.05. The predicted molar refractivity (Wildman–Crippen MR) is 88.1 cm³/mol. The molecule has 1 aromatic heterocycles. The van der Waals surface area contributed by atoms with Gasteiger partial charge in [0.2, 0.25) is 10.0 Å². The maximum atomic E-state index is 12.8. The molecule has 0 spiro atoms. The Hall–Kier alpha value is -0.430. The first kappa shape index (κ1) is 16.9. The number of hydrogen-bond acceptors (Lipinski definition) is 4. The van der Waals surface area contributed by atoms with E-state index in [9.17, 15) is 8.42 Å². The first-order valence-electron chi connectivity index (χ1n) is 7.75. The summed E-state index contributed by atoms with van der Waals surface area (Å²) >= 11 is 1.53. The fourth-order valence-electron chi connectivity index (χ4n) is 2.28. The Labute approximate surface area is 132 Å². The first-order chi connectivity index (χ1) is 9.95. The van der Waals surface area contributed by atoms with Crippen LogP contribution in [-0.4, -0.2) is 31.9 Å². The van der Waals surface area contributed by atoms with E-state index in [2.05, 4.69) is 26.1 Å². The maximum absolute atomic E-state index is 12.8. The van der Waals surface area contributed by atoms with E-state index in [1.54, 1.807) is 9.69 Å². The molecule has 2 rings (SSSR count). The molecule has 4 nitrogen and oxygen atoms in total. The SMILES string of the molecule is CCCNCc1cc(S(=O)(=O)N(CC(C)C)C2CC2)cs1. The van der Waals surface area contributed by atoms with Gasteiger partial charge < -0.3 is 5.32 Å². The van der Waals surface area contributed by atoms with E-state index in [0.29, 0.717) is 17.4 Å². The van der Waals surface area contributed by atoms with E-state index in [-0.39, 0.29) is 6.04 Å². The third-order valence-corrected chi connectivity index (χ3v) is 6.44. The van der Waals surface area contributed by atoms with Gasteiger partial charge >= 0.3 is 0 Å². The molecule has 0 bridgehead atoms. The summed E-state index contributed by atoms with van der Waals surface area (Å²) < 4.78 is 27.3. The molecule has 120 valence electrons. The van der Waals surface area contributed by atoms with Crippen LogP contribution in [-0.2, 0) is 16.6 Å². The normalized spacial score (nSPS) is 16.0. The van der Waals surface area contributed by atoms with Crippen molar-refractivity contribution in [2.45, 2.75) is 57.5 Å². The molecule has 6 heteroatoms. The van der Waals surface area contributed by atoms with Crippen molar-refractivity contribution >= 4 is 21.4 Å². The minimum Gasteiger partial charge on any atom is -0.312 e. The molecule has 1 N–H and O–H groups in total. The highest BCUT2D eigenvalue weighted by atomic mass is 32.2. The second kappa shape index (κ2) is 7.22. The van der Waals surface area contributed by atoms with Crippen LogP contribution in [0.15, 0.2) is 16.3 Å².